The van der Waals surface area contributed by atoms with Gasteiger partial charge in [0.2, 0.25) is 10.0 Å². The Labute approximate surface area is 171 Å². The van der Waals surface area contributed by atoms with Crippen LogP contribution < -0.4 is 11.1 Å². The molecule has 1 aromatic carbocycles. The number of carbonyl (C=O) groups excluding carboxylic acids is 3. The van der Waals surface area contributed by atoms with Crippen molar-refractivity contribution in [3.8, 4) is 0 Å². The number of carbonyl (C=O) groups is 3. The van der Waals surface area contributed by atoms with Crippen LogP contribution in [0.1, 0.15) is 37.0 Å². The molecule has 0 aliphatic carbocycles. The molecule has 0 bridgehead atoms. The standard InChI is InChI=1S/C17H22BrN3O6S/c1-10-5-7-21(8-6-10)28(25,26)14-9-12(3-4-13(14)18)16(23)27-11(2)15(22)20-17(19)24/h3-4,9-11H,5-8H2,1-2H3,(H3,19,20,22,24)/t11-/m1/s1. The van der Waals surface area contributed by atoms with E-state index in [0.717, 1.165) is 12.8 Å². The normalized spacial score (nSPS) is 17.0. The van der Waals surface area contributed by atoms with Crippen LogP contribution in [0.15, 0.2) is 27.6 Å². The molecule has 0 saturated carbocycles. The fraction of sp³-hybridized carbons (Fsp3) is 0.471. The first-order valence-corrected chi connectivity index (χ1v) is 10.9. The number of sulfonamides is 1. The predicted molar refractivity (Wildman–Crippen MR) is 104 cm³/mol. The molecule has 3 amide bonds. The Hall–Kier alpha value is -1.98. The topological polar surface area (TPSA) is 136 Å². The van der Waals surface area contributed by atoms with Crippen molar-refractivity contribution in [1.82, 2.24) is 9.62 Å². The van der Waals surface area contributed by atoms with Crippen LogP contribution in [0.5, 0.6) is 0 Å². The summed E-state index contributed by atoms with van der Waals surface area (Å²) in [6.45, 7) is 4.16. The number of hydrogen-bond donors (Lipinski definition) is 2. The van der Waals surface area contributed by atoms with E-state index in [1.54, 1.807) is 5.32 Å². The number of nitrogens with two attached hydrogens (primary N) is 1. The molecule has 1 aromatic rings. The SMILES string of the molecule is CC1CCN(S(=O)(=O)c2cc(C(=O)O[C@H](C)C(=O)NC(N)=O)ccc2Br)CC1. The number of halogens is 1. The van der Waals surface area contributed by atoms with Gasteiger partial charge in [-0.1, -0.05) is 6.92 Å². The Kier molecular flexibility index (Phi) is 7.18. The van der Waals surface area contributed by atoms with Crippen LogP contribution in [0.3, 0.4) is 0 Å². The van der Waals surface area contributed by atoms with Crippen LogP contribution in [0.4, 0.5) is 4.79 Å². The number of urea groups is 1. The lowest BCUT2D eigenvalue weighted by molar-refractivity contribution is -0.127. The zero-order valence-electron chi connectivity index (χ0n) is 15.5. The van der Waals surface area contributed by atoms with Gasteiger partial charge < -0.3 is 10.5 Å². The van der Waals surface area contributed by atoms with Crippen LogP contribution in [0.25, 0.3) is 0 Å². The molecule has 1 atom stereocenters. The summed E-state index contributed by atoms with van der Waals surface area (Å²) >= 11 is 3.22. The van der Waals surface area contributed by atoms with Crippen LogP contribution >= 0.6 is 15.9 Å². The highest BCUT2D eigenvalue weighted by Crippen LogP contribution is 2.29. The average Bonchev–Trinajstić information content (AvgIpc) is 2.61. The van der Waals surface area contributed by atoms with Crippen molar-refractivity contribution in [2.24, 2.45) is 11.7 Å². The molecule has 0 spiro atoms. The van der Waals surface area contributed by atoms with E-state index < -0.39 is 34.0 Å². The van der Waals surface area contributed by atoms with Crippen molar-refractivity contribution in [2.75, 3.05) is 13.1 Å². The number of piperidine rings is 1. The number of benzene rings is 1. The predicted octanol–water partition coefficient (Wildman–Crippen LogP) is 1.61. The zero-order valence-corrected chi connectivity index (χ0v) is 17.9. The minimum absolute atomic E-state index is 0.0362. The number of nitrogens with zero attached hydrogens (tertiary/aromatic N) is 1. The third kappa shape index (κ3) is 5.30. The molecule has 3 N–H and O–H groups in total. The van der Waals surface area contributed by atoms with Crippen LogP contribution in [0, 0.1) is 5.92 Å². The molecule has 11 heteroatoms. The summed E-state index contributed by atoms with van der Waals surface area (Å²) in [6, 6.07) is 2.95. The van der Waals surface area contributed by atoms with E-state index in [2.05, 4.69) is 22.9 Å². The Balaban J connectivity index is 2.21. The lowest BCUT2D eigenvalue weighted by Gasteiger charge is -2.29. The Morgan fingerprint density at radius 2 is 1.89 bits per heavy atom. The van der Waals surface area contributed by atoms with Gasteiger partial charge in [-0.15, -0.1) is 0 Å². The second kappa shape index (κ2) is 9.01. The lowest BCUT2D eigenvalue weighted by Crippen LogP contribution is -2.42. The number of primary amides is 1. The zero-order chi connectivity index (χ0) is 21.1. The van der Waals surface area contributed by atoms with Crippen molar-refractivity contribution >= 4 is 43.9 Å². The number of amides is 3. The second-order valence-corrected chi connectivity index (χ2v) is 9.39. The van der Waals surface area contributed by atoms with Gasteiger partial charge in [0.15, 0.2) is 6.10 Å². The van der Waals surface area contributed by atoms with Gasteiger partial charge in [-0.2, -0.15) is 4.31 Å². The molecule has 9 nitrogen and oxygen atoms in total. The first-order chi connectivity index (χ1) is 13.0. The summed E-state index contributed by atoms with van der Waals surface area (Å²) in [6.07, 6.45) is 0.253. The molecule has 1 saturated heterocycles. The highest BCUT2D eigenvalue weighted by Gasteiger charge is 2.30. The van der Waals surface area contributed by atoms with Crippen molar-refractivity contribution in [3.05, 3.63) is 28.2 Å². The molecule has 1 aliphatic heterocycles. The van der Waals surface area contributed by atoms with E-state index in [-0.39, 0.29) is 10.5 Å². The Bertz CT molecular complexity index is 881. The summed E-state index contributed by atoms with van der Waals surface area (Å²) in [5.74, 6) is -1.32. The third-order valence-corrected chi connectivity index (χ3v) is 7.32. The minimum atomic E-state index is -3.79. The van der Waals surface area contributed by atoms with Crippen molar-refractivity contribution in [3.63, 3.8) is 0 Å². The summed E-state index contributed by atoms with van der Waals surface area (Å²) in [5.41, 5.74) is 4.81. The number of ether oxygens (including phenoxy) is 1. The van der Waals surface area contributed by atoms with Crippen molar-refractivity contribution in [1.29, 1.82) is 0 Å². The first kappa shape index (κ1) is 22.3. The number of imide groups is 1. The number of rotatable bonds is 5. The number of esters is 1. The highest BCUT2D eigenvalue weighted by atomic mass is 79.9. The summed E-state index contributed by atoms with van der Waals surface area (Å²) in [4.78, 5) is 34.6. The second-order valence-electron chi connectivity index (χ2n) is 6.63. The molecule has 1 heterocycles. The van der Waals surface area contributed by atoms with E-state index in [9.17, 15) is 22.8 Å². The molecule has 1 fully saturated rings. The number of hydrogen-bond acceptors (Lipinski definition) is 6. The van der Waals surface area contributed by atoms with Gasteiger partial charge in [0.25, 0.3) is 5.91 Å². The van der Waals surface area contributed by atoms with E-state index >= 15 is 0 Å². The Morgan fingerprint density at radius 1 is 1.29 bits per heavy atom. The third-order valence-electron chi connectivity index (χ3n) is 4.43. The molecular formula is C17H22BrN3O6S. The summed E-state index contributed by atoms with van der Waals surface area (Å²) in [5, 5.41) is 1.80. The number of nitrogens with one attached hydrogen (secondary N) is 1. The largest absolute Gasteiger partial charge is 0.449 e. The van der Waals surface area contributed by atoms with Crippen LogP contribution in [-0.4, -0.2) is 49.8 Å². The fourth-order valence-corrected chi connectivity index (χ4v) is 5.12. The minimum Gasteiger partial charge on any atom is -0.449 e. The summed E-state index contributed by atoms with van der Waals surface area (Å²) < 4.78 is 32.6. The maximum Gasteiger partial charge on any atom is 0.338 e. The molecular weight excluding hydrogens is 454 g/mol. The average molecular weight is 476 g/mol. The van der Waals surface area contributed by atoms with E-state index in [0.29, 0.717) is 23.5 Å². The van der Waals surface area contributed by atoms with Gasteiger partial charge >= 0.3 is 12.0 Å². The first-order valence-electron chi connectivity index (χ1n) is 8.63. The van der Waals surface area contributed by atoms with Gasteiger partial charge in [-0.05, 0) is 59.8 Å². The van der Waals surface area contributed by atoms with Crippen molar-refractivity contribution < 1.29 is 27.5 Å². The maximum absolute atomic E-state index is 13.0. The molecule has 28 heavy (non-hydrogen) atoms. The molecule has 1 aliphatic rings. The van der Waals surface area contributed by atoms with Crippen LogP contribution in [-0.2, 0) is 19.6 Å². The van der Waals surface area contributed by atoms with Gasteiger partial charge in [-0.25, -0.2) is 18.0 Å². The van der Waals surface area contributed by atoms with Gasteiger partial charge in [-0.3, -0.25) is 10.1 Å². The highest BCUT2D eigenvalue weighted by molar-refractivity contribution is 9.10. The van der Waals surface area contributed by atoms with Gasteiger partial charge in [0, 0.05) is 17.6 Å². The fourth-order valence-electron chi connectivity index (χ4n) is 2.70. The summed E-state index contributed by atoms with van der Waals surface area (Å²) in [7, 11) is -3.79. The van der Waals surface area contributed by atoms with E-state index in [4.69, 9.17) is 10.5 Å². The maximum atomic E-state index is 13.0. The Morgan fingerprint density at radius 3 is 2.46 bits per heavy atom. The molecule has 0 unspecified atom stereocenters. The molecule has 0 aromatic heterocycles. The quantitative estimate of drug-likeness (QED) is 0.620. The van der Waals surface area contributed by atoms with Crippen LogP contribution in [0.2, 0.25) is 0 Å². The van der Waals surface area contributed by atoms with E-state index in [1.165, 1.54) is 29.4 Å². The van der Waals surface area contributed by atoms with Gasteiger partial charge in [0.1, 0.15) is 0 Å². The van der Waals surface area contributed by atoms with E-state index in [1.807, 2.05) is 0 Å². The lowest BCUT2D eigenvalue weighted by atomic mass is 10.0. The van der Waals surface area contributed by atoms with Gasteiger partial charge in [0.05, 0.1) is 10.5 Å². The molecule has 2 rings (SSSR count). The monoisotopic (exact) mass is 475 g/mol. The smallest absolute Gasteiger partial charge is 0.338 e. The van der Waals surface area contributed by atoms with Crippen molar-refractivity contribution in [2.45, 2.75) is 37.7 Å². The molecule has 154 valence electrons. The molecule has 0 radical (unpaired) electrons.